The Balaban J connectivity index is 1.86. The van der Waals surface area contributed by atoms with Crippen LogP contribution in [0.15, 0.2) is 54.7 Å². The lowest BCUT2D eigenvalue weighted by atomic mass is 10.2. The molecule has 0 aliphatic rings. The Morgan fingerprint density at radius 2 is 1.73 bits per heavy atom. The Bertz CT molecular complexity index is 709. The molecule has 0 saturated heterocycles. The van der Waals surface area contributed by atoms with Crippen molar-refractivity contribution in [1.82, 2.24) is 0 Å². The van der Waals surface area contributed by atoms with Crippen molar-refractivity contribution in [3.63, 3.8) is 0 Å². The third-order valence-electron chi connectivity index (χ3n) is 4.11. The van der Waals surface area contributed by atoms with E-state index in [-0.39, 0.29) is 5.69 Å². The van der Waals surface area contributed by atoms with Crippen LogP contribution in [-0.4, -0.2) is 18.6 Å². The van der Waals surface area contributed by atoms with Gasteiger partial charge in [-0.2, -0.15) is 0 Å². The first-order valence-corrected chi connectivity index (χ1v) is 8.98. The number of hydrogen-bond donors (Lipinski definition) is 0. The van der Waals surface area contributed by atoms with Crippen LogP contribution >= 0.6 is 0 Å². The standard InChI is InChI=1S/C21H26N2O3/c1-3-4-5-6-17-26-21-13-7-18(8-14-21)15-16-22(2)19-9-11-20(12-10-19)23(24)25/h7-16H,3-6,17H2,1-2H3. The Morgan fingerprint density at radius 3 is 2.35 bits per heavy atom. The van der Waals surface area contributed by atoms with Gasteiger partial charge in [0.1, 0.15) is 5.75 Å². The monoisotopic (exact) mass is 354 g/mol. The van der Waals surface area contributed by atoms with E-state index in [0.29, 0.717) is 0 Å². The van der Waals surface area contributed by atoms with Crippen LogP contribution in [0.25, 0.3) is 6.08 Å². The highest BCUT2D eigenvalue weighted by Crippen LogP contribution is 2.19. The Kier molecular flexibility index (Phi) is 7.68. The molecule has 0 atom stereocenters. The van der Waals surface area contributed by atoms with E-state index in [1.165, 1.54) is 31.4 Å². The summed E-state index contributed by atoms with van der Waals surface area (Å²) in [5.74, 6) is 0.891. The van der Waals surface area contributed by atoms with Gasteiger partial charge in [0.15, 0.2) is 0 Å². The Hall–Kier alpha value is -2.82. The summed E-state index contributed by atoms with van der Waals surface area (Å²) in [6.45, 7) is 2.96. The average Bonchev–Trinajstić information content (AvgIpc) is 2.67. The molecule has 0 unspecified atom stereocenters. The number of anilines is 1. The molecule has 0 saturated carbocycles. The maximum Gasteiger partial charge on any atom is 0.269 e. The van der Waals surface area contributed by atoms with E-state index in [4.69, 9.17) is 4.74 Å². The van der Waals surface area contributed by atoms with Crippen LogP contribution in [0.2, 0.25) is 0 Å². The maximum absolute atomic E-state index is 10.7. The smallest absolute Gasteiger partial charge is 0.269 e. The number of rotatable bonds is 10. The van der Waals surface area contributed by atoms with Gasteiger partial charge >= 0.3 is 0 Å². The van der Waals surface area contributed by atoms with Crippen LogP contribution in [0, 0.1) is 10.1 Å². The predicted octanol–water partition coefficient (Wildman–Crippen LogP) is 5.66. The molecule has 0 radical (unpaired) electrons. The molecule has 0 aliphatic carbocycles. The number of ether oxygens (including phenoxy) is 1. The fourth-order valence-electron chi connectivity index (χ4n) is 2.49. The zero-order valence-electron chi connectivity index (χ0n) is 15.4. The van der Waals surface area contributed by atoms with Crippen molar-refractivity contribution in [1.29, 1.82) is 0 Å². The first-order chi connectivity index (χ1) is 12.6. The molecule has 0 aliphatic heterocycles. The van der Waals surface area contributed by atoms with Crippen molar-refractivity contribution in [2.45, 2.75) is 32.6 Å². The van der Waals surface area contributed by atoms with Gasteiger partial charge in [-0.15, -0.1) is 0 Å². The maximum atomic E-state index is 10.7. The normalized spacial score (nSPS) is 10.8. The highest BCUT2D eigenvalue weighted by atomic mass is 16.6. The number of nitro groups is 1. The summed E-state index contributed by atoms with van der Waals surface area (Å²) in [6.07, 6.45) is 8.72. The van der Waals surface area contributed by atoms with Crippen LogP contribution in [0.4, 0.5) is 11.4 Å². The van der Waals surface area contributed by atoms with Gasteiger partial charge in [0, 0.05) is 31.1 Å². The molecule has 5 heteroatoms. The van der Waals surface area contributed by atoms with E-state index in [9.17, 15) is 10.1 Å². The van der Waals surface area contributed by atoms with Gasteiger partial charge in [0.05, 0.1) is 11.5 Å². The summed E-state index contributed by atoms with van der Waals surface area (Å²) in [6, 6.07) is 14.5. The van der Waals surface area contributed by atoms with Gasteiger partial charge in [-0.1, -0.05) is 38.3 Å². The second-order valence-corrected chi connectivity index (χ2v) is 6.18. The minimum Gasteiger partial charge on any atom is -0.494 e. The molecule has 0 amide bonds. The zero-order chi connectivity index (χ0) is 18.8. The summed E-state index contributed by atoms with van der Waals surface area (Å²) < 4.78 is 5.74. The van der Waals surface area contributed by atoms with E-state index in [1.807, 2.05) is 48.5 Å². The highest BCUT2D eigenvalue weighted by Gasteiger charge is 2.05. The molecular formula is C21H26N2O3. The van der Waals surface area contributed by atoms with Gasteiger partial charge < -0.3 is 9.64 Å². The molecular weight excluding hydrogens is 328 g/mol. The van der Waals surface area contributed by atoms with Crippen molar-refractivity contribution >= 4 is 17.5 Å². The number of hydrogen-bond acceptors (Lipinski definition) is 4. The molecule has 26 heavy (non-hydrogen) atoms. The van der Waals surface area contributed by atoms with Gasteiger partial charge in [-0.3, -0.25) is 10.1 Å². The molecule has 2 rings (SSSR count). The summed E-state index contributed by atoms with van der Waals surface area (Å²) in [5.41, 5.74) is 2.05. The van der Waals surface area contributed by atoms with Crippen LogP contribution in [0.3, 0.4) is 0 Å². The summed E-state index contributed by atoms with van der Waals surface area (Å²) in [7, 11) is 1.91. The first kappa shape index (κ1) is 19.5. The Labute approximate surface area is 155 Å². The van der Waals surface area contributed by atoms with Crippen LogP contribution in [0.1, 0.15) is 38.2 Å². The molecule has 0 aromatic heterocycles. The SMILES string of the molecule is CCCCCCOc1ccc(C=CN(C)c2ccc([N+](=O)[O-])cc2)cc1. The third kappa shape index (κ3) is 6.24. The zero-order valence-corrected chi connectivity index (χ0v) is 15.4. The number of unbranched alkanes of at least 4 members (excludes halogenated alkanes) is 3. The highest BCUT2D eigenvalue weighted by molar-refractivity contribution is 5.58. The van der Waals surface area contributed by atoms with E-state index in [2.05, 4.69) is 6.92 Å². The van der Waals surface area contributed by atoms with Gasteiger partial charge in [-0.25, -0.2) is 0 Å². The van der Waals surface area contributed by atoms with E-state index >= 15 is 0 Å². The van der Waals surface area contributed by atoms with E-state index < -0.39 is 4.92 Å². The van der Waals surface area contributed by atoms with Crippen LogP contribution in [-0.2, 0) is 0 Å². The molecule has 0 bridgehead atoms. The van der Waals surface area contributed by atoms with Gasteiger partial charge in [-0.05, 0) is 42.3 Å². The molecule has 0 N–H and O–H groups in total. The molecule has 0 heterocycles. The topological polar surface area (TPSA) is 55.6 Å². The Morgan fingerprint density at radius 1 is 1.04 bits per heavy atom. The van der Waals surface area contributed by atoms with Crippen molar-refractivity contribution in [2.75, 3.05) is 18.6 Å². The summed E-state index contributed by atoms with van der Waals surface area (Å²) in [5, 5.41) is 10.7. The van der Waals surface area contributed by atoms with E-state index in [1.54, 1.807) is 12.1 Å². The lowest BCUT2D eigenvalue weighted by Gasteiger charge is -2.13. The van der Waals surface area contributed by atoms with Gasteiger partial charge in [0.2, 0.25) is 0 Å². The number of nitro benzene ring substituents is 1. The third-order valence-corrected chi connectivity index (χ3v) is 4.11. The molecule has 5 nitrogen and oxygen atoms in total. The second kappa shape index (κ2) is 10.2. The number of nitrogens with zero attached hydrogens (tertiary/aromatic N) is 2. The minimum atomic E-state index is -0.396. The summed E-state index contributed by atoms with van der Waals surface area (Å²) >= 11 is 0. The fraction of sp³-hybridized carbons (Fsp3) is 0.333. The van der Waals surface area contributed by atoms with Crippen LogP contribution in [0.5, 0.6) is 5.75 Å². The van der Waals surface area contributed by atoms with Crippen molar-refractivity contribution in [3.8, 4) is 5.75 Å². The predicted molar refractivity (Wildman–Crippen MR) is 107 cm³/mol. The summed E-state index contributed by atoms with van der Waals surface area (Å²) in [4.78, 5) is 12.2. The quantitative estimate of drug-likeness (QED) is 0.314. The van der Waals surface area contributed by atoms with Crippen molar-refractivity contribution in [3.05, 3.63) is 70.4 Å². The van der Waals surface area contributed by atoms with E-state index in [0.717, 1.165) is 30.0 Å². The lowest BCUT2D eigenvalue weighted by molar-refractivity contribution is -0.384. The molecule has 138 valence electrons. The number of non-ortho nitro benzene ring substituents is 1. The van der Waals surface area contributed by atoms with Crippen molar-refractivity contribution < 1.29 is 9.66 Å². The number of benzene rings is 2. The van der Waals surface area contributed by atoms with Gasteiger partial charge in [0.25, 0.3) is 5.69 Å². The first-order valence-electron chi connectivity index (χ1n) is 8.98. The average molecular weight is 354 g/mol. The molecule has 0 fully saturated rings. The lowest BCUT2D eigenvalue weighted by Crippen LogP contribution is -2.07. The van der Waals surface area contributed by atoms with Crippen LogP contribution < -0.4 is 9.64 Å². The molecule has 0 spiro atoms. The largest absolute Gasteiger partial charge is 0.494 e. The fourth-order valence-corrected chi connectivity index (χ4v) is 2.49. The molecule has 2 aromatic carbocycles. The second-order valence-electron chi connectivity index (χ2n) is 6.18. The molecule has 2 aromatic rings. The minimum absolute atomic E-state index is 0.0939. The van der Waals surface area contributed by atoms with Crippen molar-refractivity contribution in [2.24, 2.45) is 0 Å².